The maximum atomic E-state index is 11.2. The molecule has 0 aromatic carbocycles. The van der Waals surface area contributed by atoms with Crippen LogP contribution in [0.5, 0.6) is 0 Å². The van der Waals surface area contributed by atoms with E-state index >= 15 is 0 Å². The van der Waals surface area contributed by atoms with Crippen molar-refractivity contribution < 1.29 is 14.3 Å². The topological polar surface area (TPSA) is 67.4 Å². The van der Waals surface area contributed by atoms with Crippen molar-refractivity contribution in [2.75, 3.05) is 26.2 Å². The van der Waals surface area contributed by atoms with Crippen LogP contribution in [0.4, 0.5) is 0 Å². The molecule has 17 heavy (non-hydrogen) atoms. The fourth-order valence-corrected chi connectivity index (χ4v) is 1.10. The second-order valence-electron chi connectivity index (χ2n) is 3.60. The summed E-state index contributed by atoms with van der Waals surface area (Å²) >= 11 is 0. The number of hydrogen-bond acceptors (Lipinski definition) is 4. The summed E-state index contributed by atoms with van der Waals surface area (Å²) < 4.78 is 4.78. The highest BCUT2D eigenvalue weighted by atomic mass is 16.5. The van der Waals surface area contributed by atoms with Gasteiger partial charge >= 0.3 is 5.97 Å². The van der Waals surface area contributed by atoms with Crippen LogP contribution in [0.3, 0.4) is 0 Å². The van der Waals surface area contributed by atoms with Gasteiger partial charge in [0.1, 0.15) is 0 Å². The van der Waals surface area contributed by atoms with E-state index in [1.807, 2.05) is 6.92 Å². The zero-order valence-corrected chi connectivity index (χ0v) is 10.7. The summed E-state index contributed by atoms with van der Waals surface area (Å²) in [5.41, 5.74) is 0.376. The molecule has 0 atom stereocenters. The molecule has 0 bridgehead atoms. The van der Waals surface area contributed by atoms with Crippen molar-refractivity contribution in [3.63, 3.8) is 0 Å². The molecule has 0 fully saturated rings. The SMILES string of the molecule is C=C(CNCCC(=O)NCCC)C(=O)OCC. The Labute approximate surface area is 103 Å². The first-order valence-electron chi connectivity index (χ1n) is 5.94. The van der Waals surface area contributed by atoms with Gasteiger partial charge in [0.15, 0.2) is 0 Å². The standard InChI is InChI=1S/C12H22N2O3/c1-4-7-14-11(15)6-8-13-9-10(3)12(16)17-5-2/h13H,3-9H2,1-2H3,(H,14,15). The van der Waals surface area contributed by atoms with E-state index in [0.717, 1.165) is 6.42 Å². The van der Waals surface area contributed by atoms with E-state index in [1.165, 1.54) is 0 Å². The highest BCUT2D eigenvalue weighted by Gasteiger charge is 2.07. The molecular weight excluding hydrogens is 220 g/mol. The quantitative estimate of drug-likeness (QED) is 0.353. The minimum Gasteiger partial charge on any atom is -0.463 e. The zero-order valence-electron chi connectivity index (χ0n) is 10.7. The Balaban J connectivity index is 3.54. The third kappa shape index (κ3) is 8.45. The highest BCUT2D eigenvalue weighted by Crippen LogP contribution is 1.92. The molecule has 0 aliphatic heterocycles. The summed E-state index contributed by atoms with van der Waals surface area (Å²) in [6.07, 6.45) is 1.33. The monoisotopic (exact) mass is 242 g/mol. The van der Waals surface area contributed by atoms with Crippen LogP contribution in [-0.4, -0.2) is 38.1 Å². The molecule has 0 spiro atoms. The van der Waals surface area contributed by atoms with Crippen LogP contribution >= 0.6 is 0 Å². The predicted molar refractivity (Wildman–Crippen MR) is 66.6 cm³/mol. The van der Waals surface area contributed by atoms with E-state index < -0.39 is 5.97 Å². The molecular formula is C12H22N2O3. The van der Waals surface area contributed by atoms with Crippen molar-refractivity contribution in [3.8, 4) is 0 Å². The van der Waals surface area contributed by atoms with Gasteiger partial charge in [-0.15, -0.1) is 0 Å². The van der Waals surface area contributed by atoms with Gasteiger partial charge in [-0.3, -0.25) is 4.79 Å². The Hall–Kier alpha value is -1.36. The second-order valence-corrected chi connectivity index (χ2v) is 3.60. The molecule has 5 heteroatoms. The number of carbonyl (C=O) groups excluding carboxylic acids is 2. The lowest BCUT2D eigenvalue weighted by Gasteiger charge is -2.07. The van der Waals surface area contributed by atoms with Gasteiger partial charge in [0.2, 0.25) is 5.91 Å². The van der Waals surface area contributed by atoms with Crippen molar-refractivity contribution >= 4 is 11.9 Å². The van der Waals surface area contributed by atoms with Crippen molar-refractivity contribution in [1.82, 2.24) is 10.6 Å². The zero-order chi connectivity index (χ0) is 13.1. The first-order valence-corrected chi connectivity index (χ1v) is 5.94. The van der Waals surface area contributed by atoms with Crippen molar-refractivity contribution in [1.29, 1.82) is 0 Å². The van der Waals surface area contributed by atoms with Gasteiger partial charge < -0.3 is 15.4 Å². The van der Waals surface area contributed by atoms with Gasteiger partial charge in [-0.25, -0.2) is 4.79 Å². The molecule has 0 rings (SSSR count). The van der Waals surface area contributed by atoms with Crippen LogP contribution in [0.1, 0.15) is 26.7 Å². The number of hydrogen-bond donors (Lipinski definition) is 2. The molecule has 0 saturated heterocycles. The third-order valence-corrected chi connectivity index (χ3v) is 2.00. The molecule has 2 N–H and O–H groups in total. The number of rotatable bonds is 9. The van der Waals surface area contributed by atoms with Gasteiger partial charge in [0, 0.05) is 31.6 Å². The smallest absolute Gasteiger partial charge is 0.334 e. The average Bonchev–Trinajstić information content (AvgIpc) is 2.32. The highest BCUT2D eigenvalue weighted by molar-refractivity contribution is 5.88. The van der Waals surface area contributed by atoms with Crippen LogP contribution < -0.4 is 10.6 Å². The number of ether oxygens (including phenoxy) is 1. The molecule has 0 unspecified atom stereocenters. The fourth-order valence-electron chi connectivity index (χ4n) is 1.10. The fraction of sp³-hybridized carbons (Fsp3) is 0.667. The maximum absolute atomic E-state index is 11.2. The summed E-state index contributed by atoms with van der Waals surface area (Å²) in [4.78, 5) is 22.4. The molecule has 0 aromatic rings. The molecule has 0 radical (unpaired) electrons. The van der Waals surface area contributed by atoms with Crippen molar-refractivity contribution in [3.05, 3.63) is 12.2 Å². The van der Waals surface area contributed by atoms with E-state index in [1.54, 1.807) is 6.92 Å². The predicted octanol–water partition coefficient (Wildman–Crippen LogP) is 0.612. The maximum Gasteiger partial charge on any atom is 0.334 e. The average molecular weight is 242 g/mol. The van der Waals surface area contributed by atoms with E-state index in [-0.39, 0.29) is 5.91 Å². The lowest BCUT2D eigenvalue weighted by Crippen LogP contribution is -2.29. The molecule has 0 aliphatic rings. The second kappa shape index (κ2) is 9.84. The first-order chi connectivity index (χ1) is 8.11. The number of carbonyl (C=O) groups is 2. The van der Waals surface area contributed by atoms with Gasteiger partial charge in [-0.1, -0.05) is 13.5 Å². The Morgan fingerprint density at radius 3 is 2.53 bits per heavy atom. The van der Waals surface area contributed by atoms with Gasteiger partial charge in [0.05, 0.1) is 6.61 Å². The lowest BCUT2D eigenvalue weighted by molar-refractivity contribution is -0.138. The summed E-state index contributed by atoms with van der Waals surface area (Å²) in [6, 6.07) is 0. The molecule has 0 heterocycles. The molecule has 0 aliphatic carbocycles. The Kier molecular flexibility index (Phi) is 9.05. The summed E-state index contributed by atoms with van der Waals surface area (Å²) in [5, 5.41) is 5.74. The molecule has 98 valence electrons. The number of nitrogens with one attached hydrogen (secondary N) is 2. The van der Waals surface area contributed by atoms with Crippen LogP contribution in [0.25, 0.3) is 0 Å². The minimum absolute atomic E-state index is 0.0149. The van der Waals surface area contributed by atoms with Gasteiger partial charge in [-0.2, -0.15) is 0 Å². The molecule has 1 amide bonds. The van der Waals surface area contributed by atoms with E-state index in [2.05, 4.69) is 17.2 Å². The Morgan fingerprint density at radius 2 is 1.94 bits per heavy atom. The van der Waals surface area contributed by atoms with Crippen molar-refractivity contribution in [2.45, 2.75) is 26.7 Å². The largest absolute Gasteiger partial charge is 0.463 e. The number of esters is 1. The third-order valence-electron chi connectivity index (χ3n) is 2.00. The van der Waals surface area contributed by atoms with Crippen LogP contribution in [-0.2, 0) is 14.3 Å². The van der Waals surface area contributed by atoms with Crippen molar-refractivity contribution in [2.24, 2.45) is 0 Å². The summed E-state index contributed by atoms with van der Waals surface area (Å²) in [6.45, 7) is 9.27. The van der Waals surface area contributed by atoms with Crippen LogP contribution in [0.15, 0.2) is 12.2 Å². The van der Waals surface area contributed by atoms with E-state index in [0.29, 0.717) is 38.2 Å². The summed E-state index contributed by atoms with van der Waals surface area (Å²) in [7, 11) is 0. The van der Waals surface area contributed by atoms with Crippen LogP contribution in [0, 0.1) is 0 Å². The van der Waals surface area contributed by atoms with E-state index in [9.17, 15) is 9.59 Å². The first kappa shape index (κ1) is 15.6. The molecule has 5 nitrogen and oxygen atoms in total. The lowest BCUT2D eigenvalue weighted by atomic mass is 10.3. The van der Waals surface area contributed by atoms with E-state index in [4.69, 9.17) is 4.74 Å². The Morgan fingerprint density at radius 1 is 1.24 bits per heavy atom. The number of amides is 1. The van der Waals surface area contributed by atoms with Crippen LogP contribution in [0.2, 0.25) is 0 Å². The van der Waals surface area contributed by atoms with Gasteiger partial charge in [-0.05, 0) is 13.3 Å². The summed E-state index contributed by atoms with van der Waals surface area (Å²) in [5.74, 6) is -0.378. The molecule has 0 aromatic heterocycles. The minimum atomic E-state index is -0.393. The Bertz CT molecular complexity index is 264. The molecule has 0 saturated carbocycles. The van der Waals surface area contributed by atoms with Gasteiger partial charge in [0.25, 0.3) is 0 Å². The normalized spacial score (nSPS) is 9.76.